The van der Waals surface area contributed by atoms with Crippen molar-refractivity contribution in [2.45, 2.75) is 38.8 Å². The number of fused-ring (bicyclic) bond motifs is 2. The van der Waals surface area contributed by atoms with E-state index in [9.17, 15) is 0 Å². The number of aromatic amines is 1. The maximum atomic E-state index is 4.77. The van der Waals surface area contributed by atoms with Crippen LogP contribution < -0.4 is 4.90 Å². The highest BCUT2D eigenvalue weighted by molar-refractivity contribution is 5.89. The minimum atomic E-state index is -0.0811. The number of aliphatic imine (C=N–C) groups is 1. The van der Waals surface area contributed by atoms with Crippen molar-refractivity contribution in [3.8, 4) is 0 Å². The van der Waals surface area contributed by atoms with Crippen LogP contribution in [0.4, 0.5) is 5.69 Å². The van der Waals surface area contributed by atoms with Gasteiger partial charge in [-0.1, -0.05) is 36.4 Å². The Bertz CT molecular complexity index is 899. The number of para-hydroxylation sites is 2. The van der Waals surface area contributed by atoms with E-state index in [1.807, 2.05) is 6.34 Å². The van der Waals surface area contributed by atoms with Crippen LogP contribution in [0.3, 0.4) is 0 Å². The fourth-order valence-corrected chi connectivity index (χ4v) is 3.42. The van der Waals surface area contributed by atoms with Gasteiger partial charge in [-0.3, -0.25) is 4.99 Å². The van der Waals surface area contributed by atoms with Gasteiger partial charge in [-0.25, -0.2) is 0 Å². The molecule has 122 valence electrons. The first-order valence-electron chi connectivity index (χ1n) is 8.50. The molecule has 3 heteroatoms. The molecular formula is C21H23N3. The van der Waals surface area contributed by atoms with Crippen LogP contribution in [0.2, 0.25) is 0 Å². The molecule has 0 amide bonds. The number of nitrogens with one attached hydrogen (secondary N) is 1. The zero-order chi connectivity index (χ0) is 16.7. The van der Waals surface area contributed by atoms with Gasteiger partial charge in [0.1, 0.15) is 0 Å². The van der Waals surface area contributed by atoms with Gasteiger partial charge < -0.3 is 9.88 Å². The molecule has 1 atom stereocenters. The molecule has 3 aromatic rings. The Balaban J connectivity index is 1.81. The van der Waals surface area contributed by atoms with E-state index in [4.69, 9.17) is 4.99 Å². The molecule has 0 fully saturated rings. The quantitative estimate of drug-likeness (QED) is 0.517. The minimum Gasteiger partial charge on any atom is -0.361 e. The highest BCUT2D eigenvalue weighted by Gasteiger charge is 2.31. The molecule has 0 aliphatic carbocycles. The third-order valence-corrected chi connectivity index (χ3v) is 4.57. The van der Waals surface area contributed by atoms with E-state index in [2.05, 4.69) is 85.4 Å². The number of benzene rings is 2. The Morgan fingerprint density at radius 3 is 2.67 bits per heavy atom. The smallest absolute Gasteiger partial charge is 0.0906 e. The van der Waals surface area contributed by atoms with Crippen LogP contribution in [0.5, 0.6) is 0 Å². The van der Waals surface area contributed by atoms with Gasteiger partial charge in [0.2, 0.25) is 0 Å². The summed E-state index contributed by atoms with van der Waals surface area (Å²) in [6.07, 6.45) is 5.19. The van der Waals surface area contributed by atoms with Crippen LogP contribution in [0.25, 0.3) is 10.9 Å². The second kappa shape index (κ2) is 5.52. The van der Waals surface area contributed by atoms with Crippen molar-refractivity contribution < 1.29 is 0 Å². The van der Waals surface area contributed by atoms with Gasteiger partial charge in [-0.15, -0.1) is 0 Å². The average molecular weight is 317 g/mol. The van der Waals surface area contributed by atoms with Crippen molar-refractivity contribution in [3.05, 3.63) is 65.9 Å². The van der Waals surface area contributed by atoms with Gasteiger partial charge in [-0.05, 0) is 44.9 Å². The third-order valence-electron chi connectivity index (χ3n) is 4.57. The summed E-state index contributed by atoms with van der Waals surface area (Å²) in [5, 5.41) is 1.30. The maximum absolute atomic E-state index is 4.77. The highest BCUT2D eigenvalue weighted by Crippen LogP contribution is 2.41. The van der Waals surface area contributed by atoms with Crippen LogP contribution in [0, 0.1) is 0 Å². The van der Waals surface area contributed by atoms with Crippen LogP contribution in [-0.2, 0) is 6.42 Å². The summed E-state index contributed by atoms with van der Waals surface area (Å²) in [4.78, 5) is 10.5. The van der Waals surface area contributed by atoms with E-state index in [1.165, 1.54) is 27.7 Å². The molecule has 2 aromatic carbocycles. The zero-order valence-electron chi connectivity index (χ0n) is 14.5. The molecule has 24 heavy (non-hydrogen) atoms. The van der Waals surface area contributed by atoms with Crippen LogP contribution in [0.1, 0.15) is 37.9 Å². The average Bonchev–Trinajstić information content (AvgIpc) is 3.13. The number of anilines is 1. The standard InChI is InChI=1S/C21H23N3/c1-21(2,3)23-14-24-19-11-7-4-8-15(19)12-20(24)17-13-22-18-10-6-5-9-16(17)18/h4-11,13-14,20,22H,12H2,1-3H3. The van der Waals surface area contributed by atoms with E-state index in [0.717, 1.165) is 6.42 Å². The lowest BCUT2D eigenvalue weighted by Crippen LogP contribution is -2.25. The molecule has 3 nitrogen and oxygen atoms in total. The summed E-state index contributed by atoms with van der Waals surface area (Å²) in [6.45, 7) is 6.39. The molecule has 0 saturated heterocycles. The molecule has 1 N–H and O–H groups in total. The van der Waals surface area contributed by atoms with E-state index < -0.39 is 0 Å². The first kappa shape index (κ1) is 15.0. The Kier molecular flexibility index (Phi) is 3.45. The lowest BCUT2D eigenvalue weighted by atomic mass is 10.0. The molecule has 4 rings (SSSR count). The number of aromatic nitrogens is 1. The Labute approximate surface area is 143 Å². The van der Waals surface area contributed by atoms with Crippen LogP contribution >= 0.6 is 0 Å². The lowest BCUT2D eigenvalue weighted by molar-refractivity contribution is 0.583. The Hall–Kier alpha value is -2.55. The summed E-state index contributed by atoms with van der Waals surface area (Å²) < 4.78 is 0. The van der Waals surface area contributed by atoms with Crippen LogP contribution in [-0.4, -0.2) is 16.9 Å². The molecule has 1 aliphatic rings. The fraction of sp³-hybridized carbons (Fsp3) is 0.286. The molecule has 0 bridgehead atoms. The predicted octanol–water partition coefficient (Wildman–Crippen LogP) is 5.10. The molecule has 0 spiro atoms. The number of rotatable bonds is 2. The lowest BCUT2D eigenvalue weighted by Gasteiger charge is -2.24. The molecular weight excluding hydrogens is 294 g/mol. The normalized spacial score (nSPS) is 17.8. The maximum Gasteiger partial charge on any atom is 0.0906 e. The molecule has 1 aromatic heterocycles. The summed E-state index contributed by atoms with van der Waals surface area (Å²) in [6, 6.07) is 17.4. The molecule has 1 unspecified atom stereocenters. The fourth-order valence-electron chi connectivity index (χ4n) is 3.42. The van der Waals surface area contributed by atoms with Crippen molar-refractivity contribution >= 4 is 22.9 Å². The van der Waals surface area contributed by atoms with Crippen molar-refractivity contribution in [1.29, 1.82) is 0 Å². The van der Waals surface area contributed by atoms with Crippen molar-refractivity contribution in [2.24, 2.45) is 4.99 Å². The van der Waals surface area contributed by atoms with E-state index in [-0.39, 0.29) is 11.6 Å². The Morgan fingerprint density at radius 2 is 1.83 bits per heavy atom. The second-order valence-corrected chi connectivity index (χ2v) is 7.46. The van der Waals surface area contributed by atoms with Gasteiger partial charge >= 0.3 is 0 Å². The van der Waals surface area contributed by atoms with E-state index in [0.29, 0.717) is 0 Å². The minimum absolute atomic E-state index is 0.0811. The molecule has 0 radical (unpaired) electrons. The summed E-state index contributed by atoms with van der Waals surface area (Å²) in [5.74, 6) is 0. The predicted molar refractivity (Wildman–Crippen MR) is 102 cm³/mol. The third kappa shape index (κ3) is 2.60. The number of hydrogen-bond donors (Lipinski definition) is 1. The largest absolute Gasteiger partial charge is 0.361 e. The van der Waals surface area contributed by atoms with Crippen molar-refractivity contribution in [3.63, 3.8) is 0 Å². The van der Waals surface area contributed by atoms with Crippen molar-refractivity contribution in [1.82, 2.24) is 4.98 Å². The summed E-state index contributed by atoms with van der Waals surface area (Å²) in [7, 11) is 0. The van der Waals surface area contributed by atoms with Gasteiger partial charge in [0.15, 0.2) is 0 Å². The zero-order valence-corrected chi connectivity index (χ0v) is 14.5. The number of hydrogen-bond acceptors (Lipinski definition) is 1. The van der Waals surface area contributed by atoms with Gasteiger partial charge in [-0.2, -0.15) is 0 Å². The summed E-state index contributed by atoms with van der Waals surface area (Å²) >= 11 is 0. The number of nitrogens with zero attached hydrogens (tertiary/aromatic N) is 2. The van der Waals surface area contributed by atoms with Gasteiger partial charge in [0, 0.05) is 28.4 Å². The van der Waals surface area contributed by atoms with E-state index in [1.54, 1.807) is 0 Å². The van der Waals surface area contributed by atoms with Crippen molar-refractivity contribution in [2.75, 3.05) is 4.90 Å². The summed E-state index contributed by atoms with van der Waals surface area (Å²) in [5.41, 5.74) is 5.09. The van der Waals surface area contributed by atoms with Crippen LogP contribution in [0.15, 0.2) is 59.7 Å². The van der Waals surface area contributed by atoms with Gasteiger partial charge in [0.25, 0.3) is 0 Å². The molecule has 1 aliphatic heterocycles. The van der Waals surface area contributed by atoms with E-state index >= 15 is 0 Å². The SMILES string of the molecule is CC(C)(C)N=CN1c2ccccc2CC1c1c[nH]c2ccccc12. The number of H-pyrrole nitrogens is 1. The second-order valence-electron chi connectivity index (χ2n) is 7.46. The van der Waals surface area contributed by atoms with Gasteiger partial charge in [0.05, 0.1) is 17.9 Å². The molecule has 2 heterocycles. The highest BCUT2D eigenvalue weighted by atomic mass is 15.2. The first-order valence-corrected chi connectivity index (χ1v) is 8.50. The monoisotopic (exact) mass is 317 g/mol. The topological polar surface area (TPSA) is 31.4 Å². The first-order chi connectivity index (χ1) is 11.5. The Morgan fingerprint density at radius 1 is 1.08 bits per heavy atom. The molecule has 0 saturated carbocycles.